The molecule has 2 aromatic rings. The second-order valence-electron chi connectivity index (χ2n) is 4.03. The van der Waals surface area contributed by atoms with Crippen molar-refractivity contribution in [2.45, 2.75) is 19.5 Å². The standard InChI is InChI=1S/C12H10F5N3/c1-2-20-4-3-19-12(20)11(18)5-6(13)8(15)10(17)9(16)7(5)14/h3-4,11H,2,18H2,1H3. The summed E-state index contributed by atoms with van der Waals surface area (Å²) in [5.74, 6) is -10.1. The summed E-state index contributed by atoms with van der Waals surface area (Å²) in [6, 6.07) is -1.56. The first kappa shape index (κ1) is 14.4. The lowest BCUT2D eigenvalue weighted by Gasteiger charge is -2.16. The summed E-state index contributed by atoms with van der Waals surface area (Å²) in [6.07, 6.45) is 2.81. The van der Waals surface area contributed by atoms with Crippen molar-refractivity contribution in [2.75, 3.05) is 0 Å². The van der Waals surface area contributed by atoms with Gasteiger partial charge in [-0.3, -0.25) is 0 Å². The summed E-state index contributed by atoms with van der Waals surface area (Å²) in [4.78, 5) is 3.79. The molecule has 20 heavy (non-hydrogen) atoms. The van der Waals surface area contributed by atoms with Crippen molar-refractivity contribution in [3.05, 3.63) is 52.9 Å². The third-order valence-electron chi connectivity index (χ3n) is 2.92. The minimum atomic E-state index is -2.21. The molecule has 0 aliphatic heterocycles. The first-order valence-corrected chi connectivity index (χ1v) is 5.68. The molecule has 1 heterocycles. The zero-order chi connectivity index (χ0) is 15.0. The van der Waals surface area contributed by atoms with E-state index in [0.717, 1.165) is 0 Å². The first-order chi connectivity index (χ1) is 9.40. The van der Waals surface area contributed by atoms with Gasteiger partial charge in [0.25, 0.3) is 0 Å². The van der Waals surface area contributed by atoms with E-state index < -0.39 is 40.7 Å². The van der Waals surface area contributed by atoms with E-state index >= 15 is 0 Å². The molecular weight excluding hydrogens is 281 g/mol. The van der Waals surface area contributed by atoms with Crippen LogP contribution in [0, 0.1) is 29.1 Å². The summed E-state index contributed by atoms with van der Waals surface area (Å²) in [7, 11) is 0. The second-order valence-corrected chi connectivity index (χ2v) is 4.03. The molecule has 0 fully saturated rings. The predicted octanol–water partition coefficient (Wildman–Crippen LogP) is 2.65. The zero-order valence-electron chi connectivity index (χ0n) is 10.3. The molecule has 0 aliphatic carbocycles. The Kier molecular flexibility index (Phi) is 3.76. The van der Waals surface area contributed by atoms with Crippen LogP contribution in [0.15, 0.2) is 12.4 Å². The number of nitrogens with zero attached hydrogens (tertiary/aromatic N) is 2. The van der Waals surface area contributed by atoms with Crippen molar-refractivity contribution in [3.8, 4) is 0 Å². The molecule has 1 aromatic heterocycles. The summed E-state index contributed by atoms with van der Waals surface area (Å²) >= 11 is 0. The number of hydrogen-bond donors (Lipinski definition) is 1. The Balaban J connectivity index is 2.64. The number of halogens is 5. The van der Waals surface area contributed by atoms with Crippen LogP contribution in [0.1, 0.15) is 24.4 Å². The van der Waals surface area contributed by atoms with Crippen molar-refractivity contribution in [3.63, 3.8) is 0 Å². The van der Waals surface area contributed by atoms with Gasteiger partial charge < -0.3 is 10.3 Å². The van der Waals surface area contributed by atoms with Crippen molar-refractivity contribution < 1.29 is 22.0 Å². The third kappa shape index (κ3) is 2.05. The van der Waals surface area contributed by atoms with Gasteiger partial charge in [0, 0.05) is 18.9 Å². The molecule has 2 N–H and O–H groups in total. The summed E-state index contributed by atoms with van der Waals surface area (Å²) in [6.45, 7) is 2.11. The molecule has 0 bridgehead atoms. The van der Waals surface area contributed by atoms with Crippen molar-refractivity contribution in [2.24, 2.45) is 5.73 Å². The van der Waals surface area contributed by atoms with Gasteiger partial charge in [0.15, 0.2) is 23.3 Å². The maximum Gasteiger partial charge on any atom is 0.200 e. The average molecular weight is 291 g/mol. The quantitative estimate of drug-likeness (QED) is 0.537. The molecular formula is C12H10F5N3. The molecule has 0 saturated heterocycles. The molecule has 1 atom stereocenters. The fourth-order valence-electron chi connectivity index (χ4n) is 1.89. The lowest BCUT2D eigenvalue weighted by molar-refractivity contribution is 0.365. The van der Waals surface area contributed by atoms with Crippen LogP contribution in [-0.4, -0.2) is 9.55 Å². The van der Waals surface area contributed by atoms with Crippen molar-refractivity contribution in [1.82, 2.24) is 9.55 Å². The maximum atomic E-state index is 13.6. The minimum absolute atomic E-state index is 0.00991. The number of rotatable bonds is 3. The summed E-state index contributed by atoms with van der Waals surface area (Å²) in [5, 5.41) is 0. The molecule has 108 valence electrons. The zero-order valence-corrected chi connectivity index (χ0v) is 10.3. The lowest BCUT2D eigenvalue weighted by Crippen LogP contribution is -2.22. The summed E-state index contributed by atoms with van der Waals surface area (Å²) in [5.41, 5.74) is 4.51. The van der Waals surface area contributed by atoms with Crippen LogP contribution in [0.4, 0.5) is 22.0 Å². The highest BCUT2D eigenvalue weighted by Gasteiger charge is 2.31. The Morgan fingerprint density at radius 3 is 2.05 bits per heavy atom. The highest BCUT2D eigenvalue weighted by atomic mass is 19.2. The SMILES string of the molecule is CCn1ccnc1C(N)c1c(F)c(F)c(F)c(F)c1F. The lowest BCUT2D eigenvalue weighted by atomic mass is 10.0. The van der Waals surface area contributed by atoms with Crippen molar-refractivity contribution in [1.29, 1.82) is 0 Å². The normalized spacial score (nSPS) is 12.8. The van der Waals surface area contributed by atoms with Gasteiger partial charge in [-0.05, 0) is 6.92 Å². The molecule has 0 aliphatic rings. The highest BCUT2D eigenvalue weighted by molar-refractivity contribution is 5.30. The topological polar surface area (TPSA) is 43.8 Å². The van der Waals surface area contributed by atoms with E-state index in [1.54, 1.807) is 6.92 Å². The smallest absolute Gasteiger partial charge is 0.200 e. The first-order valence-electron chi connectivity index (χ1n) is 5.68. The number of benzene rings is 1. The Hall–Kier alpha value is -1.96. The van der Waals surface area contributed by atoms with E-state index in [1.165, 1.54) is 17.0 Å². The van der Waals surface area contributed by atoms with Crippen LogP contribution < -0.4 is 5.73 Å². The van der Waals surface area contributed by atoms with Gasteiger partial charge in [0.05, 0.1) is 11.6 Å². The minimum Gasteiger partial charge on any atom is -0.334 e. The van der Waals surface area contributed by atoms with Crippen LogP contribution >= 0.6 is 0 Å². The molecule has 0 spiro atoms. The van der Waals surface area contributed by atoms with Crippen LogP contribution in [0.25, 0.3) is 0 Å². The van der Waals surface area contributed by atoms with Gasteiger partial charge in [-0.2, -0.15) is 0 Å². The largest absolute Gasteiger partial charge is 0.334 e. The van der Waals surface area contributed by atoms with E-state index in [2.05, 4.69) is 4.98 Å². The Bertz CT molecular complexity index is 624. The number of nitrogens with two attached hydrogens (primary N) is 1. The molecule has 2 rings (SSSR count). The van der Waals surface area contributed by atoms with E-state index in [4.69, 9.17) is 5.73 Å². The van der Waals surface area contributed by atoms with Crippen molar-refractivity contribution >= 4 is 0 Å². The van der Waals surface area contributed by atoms with E-state index in [1.807, 2.05) is 0 Å². The van der Waals surface area contributed by atoms with Gasteiger partial charge in [-0.15, -0.1) is 0 Å². The van der Waals surface area contributed by atoms with Gasteiger partial charge in [-0.25, -0.2) is 26.9 Å². The van der Waals surface area contributed by atoms with Crippen LogP contribution in [0.5, 0.6) is 0 Å². The van der Waals surface area contributed by atoms with Gasteiger partial charge in [-0.1, -0.05) is 0 Å². The molecule has 0 amide bonds. The summed E-state index contributed by atoms with van der Waals surface area (Å²) < 4.78 is 68.0. The fourth-order valence-corrected chi connectivity index (χ4v) is 1.89. The van der Waals surface area contributed by atoms with Crippen LogP contribution in [0.3, 0.4) is 0 Å². The number of aromatic nitrogens is 2. The Morgan fingerprint density at radius 1 is 1.05 bits per heavy atom. The number of aryl methyl sites for hydroxylation is 1. The molecule has 0 radical (unpaired) electrons. The van der Waals surface area contributed by atoms with Gasteiger partial charge >= 0.3 is 0 Å². The Morgan fingerprint density at radius 2 is 1.55 bits per heavy atom. The number of hydrogen-bond acceptors (Lipinski definition) is 2. The van der Waals surface area contributed by atoms with E-state index in [-0.39, 0.29) is 5.82 Å². The van der Waals surface area contributed by atoms with Gasteiger partial charge in [0.1, 0.15) is 5.82 Å². The van der Waals surface area contributed by atoms with Crippen LogP contribution in [0.2, 0.25) is 0 Å². The van der Waals surface area contributed by atoms with E-state index in [0.29, 0.717) is 6.54 Å². The van der Waals surface area contributed by atoms with E-state index in [9.17, 15) is 22.0 Å². The predicted molar refractivity (Wildman–Crippen MR) is 60.2 cm³/mol. The highest BCUT2D eigenvalue weighted by Crippen LogP contribution is 2.29. The third-order valence-corrected chi connectivity index (χ3v) is 2.92. The average Bonchev–Trinajstić information content (AvgIpc) is 2.91. The molecule has 1 aromatic carbocycles. The Labute approximate surface area is 110 Å². The van der Waals surface area contributed by atoms with Gasteiger partial charge in [0.2, 0.25) is 5.82 Å². The molecule has 3 nitrogen and oxygen atoms in total. The molecule has 1 unspecified atom stereocenters. The van der Waals surface area contributed by atoms with Crippen LogP contribution in [-0.2, 0) is 6.54 Å². The monoisotopic (exact) mass is 291 g/mol. The molecule has 8 heteroatoms. The fraction of sp³-hybridized carbons (Fsp3) is 0.250. The maximum absolute atomic E-state index is 13.6. The number of imidazole rings is 1. The second kappa shape index (κ2) is 5.20. The molecule has 0 saturated carbocycles.